The Morgan fingerprint density at radius 3 is 2.47 bits per heavy atom. The number of benzene rings is 1. The van der Waals surface area contributed by atoms with Crippen LogP contribution in [0.15, 0.2) is 34.7 Å². The molecule has 17 heavy (non-hydrogen) atoms. The molecule has 1 aliphatic rings. The molecule has 1 aromatic rings. The van der Waals surface area contributed by atoms with Crippen LogP contribution in [0.5, 0.6) is 0 Å². The minimum Gasteiger partial charge on any atom is -0.298 e. The quantitative estimate of drug-likeness (QED) is 0.617. The zero-order valence-electron chi connectivity index (χ0n) is 9.01. The van der Waals surface area contributed by atoms with E-state index in [0.29, 0.717) is 0 Å². The summed E-state index contributed by atoms with van der Waals surface area (Å²) in [7, 11) is 1.70. The number of nitro benzene ring substituents is 1. The Morgan fingerprint density at radius 2 is 2.00 bits per heavy atom. The molecule has 0 amide bonds. The van der Waals surface area contributed by atoms with E-state index in [-0.39, 0.29) is 5.69 Å². The van der Waals surface area contributed by atoms with Gasteiger partial charge in [-0.25, -0.2) is 0 Å². The van der Waals surface area contributed by atoms with Gasteiger partial charge in [-0.05, 0) is 12.1 Å². The average Bonchev–Trinajstić information content (AvgIpc) is 2.39. The summed E-state index contributed by atoms with van der Waals surface area (Å²) in [5.41, 5.74) is 7.71. The molecule has 0 bridgehead atoms. The van der Waals surface area contributed by atoms with Crippen molar-refractivity contribution in [2.75, 3.05) is 7.05 Å². The number of nitrogens with zero attached hydrogens (tertiary/aromatic N) is 2. The molecule has 1 aromatic carbocycles. The number of aliphatic imine (C=N–C) groups is 1. The Morgan fingerprint density at radius 1 is 1.29 bits per heavy atom. The first-order valence-electron chi connectivity index (χ1n) is 4.81. The first-order chi connectivity index (χ1) is 8.20. The van der Waals surface area contributed by atoms with Crippen LogP contribution < -0.4 is 10.9 Å². The third-order valence-electron chi connectivity index (χ3n) is 2.18. The number of amidine groups is 1. The third-order valence-corrected chi connectivity index (χ3v) is 3.05. The van der Waals surface area contributed by atoms with Crippen molar-refractivity contribution in [2.45, 2.75) is 0 Å². The van der Waals surface area contributed by atoms with E-state index in [1.165, 1.54) is 23.9 Å². The van der Waals surface area contributed by atoms with Crippen LogP contribution in [0.1, 0.15) is 5.56 Å². The molecule has 0 aliphatic carbocycles. The minimum atomic E-state index is -0.415. The molecule has 0 spiro atoms. The maximum absolute atomic E-state index is 10.5. The number of non-ortho nitro benzene ring substituents is 1. The van der Waals surface area contributed by atoms with E-state index in [1.807, 2.05) is 5.41 Å². The lowest BCUT2D eigenvalue weighted by atomic mass is 10.1. The number of hydrazine groups is 1. The molecule has 2 N–H and O–H groups in total. The molecule has 1 aliphatic heterocycles. The Kier molecular flexibility index (Phi) is 3.29. The zero-order chi connectivity index (χ0) is 12.3. The Labute approximate surface area is 102 Å². The van der Waals surface area contributed by atoms with Crippen molar-refractivity contribution in [3.63, 3.8) is 0 Å². The summed E-state index contributed by atoms with van der Waals surface area (Å²) < 4.78 is 0. The first-order valence-corrected chi connectivity index (χ1v) is 5.69. The van der Waals surface area contributed by atoms with Crippen molar-refractivity contribution >= 4 is 28.3 Å². The normalized spacial score (nSPS) is 17.0. The molecule has 6 nitrogen and oxygen atoms in total. The van der Waals surface area contributed by atoms with Gasteiger partial charge in [-0.2, -0.15) is 0 Å². The van der Waals surface area contributed by atoms with Gasteiger partial charge in [-0.15, -0.1) is 0 Å². The summed E-state index contributed by atoms with van der Waals surface area (Å²) in [6, 6.07) is 6.36. The lowest BCUT2D eigenvalue weighted by Gasteiger charge is -2.18. The molecule has 0 aromatic heterocycles. The van der Waals surface area contributed by atoms with Gasteiger partial charge in [-0.1, -0.05) is 11.8 Å². The standard InChI is InChI=1S/C10H10N4O2S/c1-11-10-13-12-9(6-17-10)7-2-4-8(5-3-7)14(15)16/h2-6,12H,1H3,(H,11,13). The Hall–Kier alpha value is -2.02. The van der Waals surface area contributed by atoms with Gasteiger partial charge in [0.25, 0.3) is 5.69 Å². The Bertz CT molecular complexity index is 496. The number of nitrogens with one attached hydrogen (secondary N) is 2. The molecular weight excluding hydrogens is 240 g/mol. The number of hydrogen-bond acceptors (Lipinski definition) is 5. The SMILES string of the molecule is CN=C1NNC(c2ccc([N+](=O)[O-])cc2)=CS1. The first kappa shape index (κ1) is 11.5. The van der Waals surface area contributed by atoms with E-state index in [1.54, 1.807) is 19.2 Å². The predicted molar refractivity (Wildman–Crippen MR) is 68.3 cm³/mol. The fourth-order valence-corrected chi connectivity index (χ4v) is 1.95. The van der Waals surface area contributed by atoms with E-state index in [4.69, 9.17) is 0 Å². The van der Waals surface area contributed by atoms with Crippen LogP contribution >= 0.6 is 11.8 Å². The highest BCUT2D eigenvalue weighted by Gasteiger charge is 2.11. The smallest absolute Gasteiger partial charge is 0.269 e. The molecule has 7 heteroatoms. The van der Waals surface area contributed by atoms with Crippen molar-refractivity contribution in [3.8, 4) is 0 Å². The highest BCUT2D eigenvalue weighted by molar-refractivity contribution is 8.16. The zero-order valence-corrected chi connectivity index (χ0v) is 9.82. The topological polar surface area (TPSA) is 79.6 Å². The van der Waals surface area contributed by atoms with Gasteiger partial charge < -0.3 is 0 Å². The summed E-state index contributed by atoms with van der Waals surface area (Å²) in [5, 5.41) is 13.2. The average molecular weight is 250 g/mol. The van der Waals surface area contributed by atoms with Gasteiger partial charge in [0.05, 0.1) is 10.6 Å². The largest absolute Gasteiger partial charge is 0.298 e. The predicted octanol–water partition coefficient (Wildman–Crippen LogP) is 1.72. The third kappa shape index (κ3) is 2.56. The molecule has 0 atom stereocenters. The molecule has 2 rings (SSSR count). The molecule has 0 unspecified atom stereocenters. The molecule has 0 radical (unpaired) electrons. The second kappa shape index (κ2) is 4.88. The number of thioether (sulfide) groups is 1. The van der Waals surface area contributed by atoms with E-state index < -0.39 is 4.92 Å². The van der Waals surface area contributed by atoms with E-state index in [9.17, 15) is 10.1 Å². The molecule has 0 saturated carbocycles. The molecule has 0 saturated heterocycles. The molecule has 0 fully saturated rings. The lowest BCUT2D eigenvalue weighted by Crippen LogP contribution is -2.36. The van der Waals surface area contributed by atoms with Crippen LogP contribution in [0.25, 0.3) is 5.70 Å². The van der Waals surface area contributed by atoms with Crippen molar-refractivity contribution in [3.05, 3.63) is 45.4 Å². The van der Waals surface area contributed by atoms with Crippen LogP contribution in [0.3, 0.4) is 0 Å². The molecular formula is C10H10N4O2S. The summed E-state index contributed by atoms with van der Waals surface area (Å²) in [6.07, 6.45) is 0. The maximum atomic E-state index is 10.5. The second-order valence-corrected chi connectivity index (χ2v) is 4.09. The van der Waals surface area contributed by atoms with Crippen molar-refractivity contribution in [1.29, 1.82) is 0 Å². The fourth-order valence-electron chi connectivity index (χ4n) is 1.31. The molecule has 1 heterocycles. The number of rotatable bonds is 2. The van der Waals surface area contributed by atoms with E-state index in [0.717, 1.165) is 16.4 Å². The van der Waals surface area contributed by atoms with Gasteiger partial charge in [-0.3, -0.25) is 26.0 Å². The van der Waals surface area contributed by atoms with Crippen LogP contribution in [-0.2, 0) is 0 Å². The van der Waals surface area contributed by atoms with Crippen molar-refractivity contribution in [2.24, 2.45) is 4.99 Å². The number of nitro groups is 1. The van der Waals surface area contributed by atoms with Crippen molar-refractivity contribution < 1.29 is 4.92 Å². The summed E-state index contributed by atoms with van der Waals surface area (Å²) in [6.45, 7) is 0. The van der Waals surface area contributed by atoms with Gasteiger partial charge in [0, 0.05) is 30.2 Å². The Balaban J connectivity index is 2.19. The van der Waals surface area contributed by atoms with Gasteiger partial charge in [0.1, 0.15) is 0 Å². The van der Waals surface area contributed by atoms with Gasteiger partial charge in [0.15, 0.2) is 5.17 Å². The van der Waals surface area contributed by atoms with Crippen LogP contribution in [-0.4, -0.2) is 17.1 Å². The lowest BCUT2D eigenvalue weighted by molar-refractivity contribution is -0.384. The van der Waals surface area contributed by atoms with Crippen molar-refractivity contribution in [1.82, 2.24) is 10.9 Å². The van der Waals surface area contributed by atoms with E-state index >= 15 is 0 Å². The summed E-state index contributed by atoms with van der Waals surface area (Å²) in [4.78, 5) is 14.1. The van der Waals surface area contributed by atoms with Crippen LogP contribution in [0.4, 0.5) is 5.69 Å². The second-order valence-electron chi connectivity index (χ2n) is 3.23. The van der Waals surface area contributed by atoms with Gasteiger partial charge >= 0.3 is 0 Å². The number of hydrogen-bond donors (Lipinski definition) is 2. The molecule has 88 valence electrons. The van der Waals surface area contributed by atoms with Crippen LogP contribution in [0.2, 0.25) is 0 Å². The highest BCUT2D eigenvalue weighted by atomic mass is 32.2. The monoisotopic (exact) mass is 250 g/mol. The van der Waals surface area contributed by atoms with E-state index in [2.05, 4.69) is 15.8 Å². The minimum absolute atomic E-state index is 0.0848. The fraction of sp³-hybridized carbons (Fsp3) is 0.100. The summed E-state index contributed by atoms with van der Waals surface area (Å²) in [5.74, 6) is 0. The summed E-state index contributed by atoms with van der Waals surface area (Å²) >= 11 is 1.46. The van der Waals surface area contributed by atoms with Gasteiger partial charge in [0.2, 0.25) is 0 Å². The maximum Gasteiger partial charge on any atom is 0.269 e. The van der Waals surface area contributed by atoms with Crippen LogP contribution in [0, 0.1) is 10.1 Å². The highest BCUT2D eigenvalue weighted by Crippen LogP contribution is 2.21.